The molecule has 0 saturated carbocycles. The first-order valence-corrected chi connectivity index (χ1v) is 3.82. The first-order chi connectivity index (χ1) is 6.91. The van der Waals surface area contributed by atoms with Gasteiger partial charge in [-0.05, 0) is 0 Å². The minimum Gasteiger partial charge on any atom is -0.369 e. The maximum Gasteiger partial charge on any atom is 0.275 e. The molecule has 1 rings (SSSR count). The third kappa shape index (κ3) is 2.46. The molecular weight excluding hydrogens is 210 g/mol. The zero-order chi connectivity index (χ0) is 11.6. The van der Waals surface area contributed by atoms with Crippen molar-refractivity contribution < 1.29 is 18.5 Å². The van der Waals surface area contributed by atoms with E-state index < -0.39 is 40.1 Å². The second-order valence-corrected chi connectivity index (χ2v) is 2.79. The molecule has 0 fully saturated rings. The van der Waals surface area contributed by atoms with Gasteiger partial charge in [-0.15, -0.1) is 0 Å². The summed E-state index contributed by atoms with van der Waals surface area (Å²) >= 11 is 0. The van der Waals surface area contributed by atoms with E-state index in [2.05, 4.69) is 0 Å². The number of halogens is 2. The van der Waals surface area contributed by atoms with E-state index in [9.17, 15) is 23.7 Å². The quantitative estimate of drug-likeness (QED) is 0.601. The molecule has 1 aromatic rings. The number of carbonyl (C=O) groups is 1. The summed E-state index contributed by atoms with van der Waals surface area (Å²) in [5.41, 5.74) is 3.48. The van der Waals surface area contributed by atoms with Crippen LogP contribution < -0.4 is 5.73 Å². The van der Waals surface area contributed by atoms with Gasteiger partial charge >= 0.3 is 0 Å². The number of nitro benzene ring substituents is 1. The van der Waals surface area contributed by atoms with E-state index >= 15 is 0 Å². The van der Waals surface area contributed by atoms with Gasteiger partial charge < -0.3 is 5.73 Å². The Hall–Kier alpha value is -2.05. The summed E-state index contributed by atoms with van der Waals surface area (Å²) in [7, 11) is 0. The van der Waals surface area contributed by atoms with Crippen LogP contribution in [0.1, 0.15) is 5.56 Å². The van der Waals surface area contributed by atoms with Crippen LogP contribution in [0.2, 0.25) is 0 Å². The minimum atomic E-state index is -1.15. The van der Waals surface area contributed by atoms with E-state index in [0.717, 1.165) is 0 Å². The van der Waals surface area contributed by atoms with Crippen LogP contribution in [0.25, 0.3) is 0 Å². The molecule has 0 spiro atoms. The monoisotopic (exact) mass is 216 g/mol. The molecule has 0 unspecified atom stereocenters. The topological polar surface area (TPSA) is 86.2 Å². The van der Waals surface area contributed by atoms with Crippen molar-refractivity contribution in [2.45, 2.75) is 6.42 Å². The highest BCUT2D eigenvalue weighted by Crippen LogP contribution is 2.20. The first-order valence-electron chi connectivity index (χ1n) is 3.82. The number of benzene rings is 1. The van der Waals surface area contributed by atoms with Gasteiger partial charge in [-0.3, -0.25) is 14.9 Å². The van der Waals surface area contributed by atoms with E-state index in [1.807, 2.05) is 0 Å². The fraction of sp³-hybridized carbons (Fsp3) is 0.125. The lowest BCUT2D eigenvalue weighted by atomic mass is 10.1. The van der Waals surface area contributed by atoms with Crippen molar-refractivity contribution >= 4 is 11.6 Å². The van der Waals surface area contributed by atoms with Crippen molar-refractivity contribution in [2.75, 3.05) is 0 Å². The summed E-state index contributed by atoms with van der Waals surface area (Å²) in [6.07, 6.45) is -0.629. The van der Waals surface area contributed by atoms with Crippen molar-refractivity contribution in [3.05, 3.63) is 39.4 Å². The number of hydrogen-bond donors (Lipinski definition) is 1. The summed E-state index contributed by atoms with van der Waals surface area (Å²) in [6, 6.07) is 1.09. The molecule has 1 aromatic carbocycles. The lowest BCUT2D eigenvalue weighted by Gasteiger charge is -2.02. The van der Waals surface area contributed by atoms with Gasteiger partial charge in [0.05, 0.1) is 23.5 Å². The Morgan fingerprint density at radius 3 is 2.20 bits per heavy atom. The van der Waals surface area contributed by atoms with Crippen LogP contribution in [0.4, 0.5) is 14.5 Å². The Labute approximate surface area is 82.6 Å². The zero-order valence-electron chi connectivity index (χ0n) is 7.37. The predicted octanol–water partition coefficient (Wildman–Crippen LogP) is 0.901. The van der Waals surface area contributed by atoms with E-state index in [0.29, 0.717) is 12.1 Å². The van der Waals surface area contributed by atoms with Gasteiger partial charge in [-0.1, -0.05) is 0 Å². The van der Waals surface area contributed by atoms with E-state index in [1.54, 1.807) is 0 Å². The van der Waals surface area contributed by atoms with Crippen molar-refractivity contribution in [3.8, 4) is 0 Å². The van der Waals surface area contributed by atoms with Crippen molar-refractivity contribution in [1.82, 2.24) is 0 Å². The van der Waals surface area contributed by atoms with Gasteiger partial charge in [0.2, 0.25) is 5.91 Å². The largest absolute Gasteiger partial charge is 0.369 e. The number of nitrogens with two attached hydrogens (primary N) is 1. The van der Waals surface area contributed by atoms with Crippen LogP contribution in [0, 0.1) is 21.7 Å². The first kappa shape index (κ1) is 11.0. The fourth-order valence-electron chi connectivity index (χ4n) is 1.04. The molecule has 0 aliphatic heterocycles. The lowest BCUT2D eigenvalue weighted by molar-refractivity contribution is -0.385. The van der Waals surface area contributed by atoms with E-state index in [1.165, 1.54) is 0 Å². The molecule has 15 heavy (non-hydrogen) atoms. The minimum absolute atomic E-state index is 0.543. The average molecular weight is 216 g/mol. The van der Waals surface area contributed by atoms with Gasteiger partial charge in [0, 0.05) is 5.56 Å². The van der Waals surface area contributed by atoms with Crippen LogP contribution in [0.15, 0.2) is 12.1 Å². The molecule has 0 radical (unpaired) electrons. The number of nitrogens with zero attached hydrogens (tertiary/aromatic N) is 1. The molecule has 0 aliphatic carbocycles. The summed E-state index contributed by atoms with van der Waals surface area (Å²) in [6.45, 7) is 0. The van der Waals surface area contributed by atoms with Gasteiger partial charge in [-0.25, -0.2) is 8.78 Å². The van der Waals surface area contributed by atoms with E-state index in [4.69, 9.17) is 5.73 Å². The van der Waals surface area contributed by atoms with Gasteiger partial charge in [0.15, 0.2) is 0 Å². The third-order valence-electron chi connectivity index (χ3n) is 1.69. The molecule has 1 amide bonds. The average Bonchev–Trinajstić information content (AvgIpc) is 2.10. The van der Waals surface area contributed by atoms with Crippen LogP contribution in [0.5, 0.6) is 0 Å². The second-order valence-electron chi connectivity index (χ2n) is 2.79. The SMILES string of the molecule is NC(=O)Cc1c(F)cc([N+](=O)[O-])cc1F. The summed E-state index contributed by atoms with van der Waals surface area (Å²) in [4.78, 5) is 19.7. The van der Waals surface area contributed by atoms with Crippen molar-refractivity contribution in [2.24, 2.45) is 5.73 Å². The highest BCUT2D eigenvalue weighted by molar-refractivity contribution is 5.76. The fourth-order valence-corrected chi connectivity index (χ4v) is 1.04. The molecule has 80 valence electrons. The van der Waals surface area contributed by atoms with Crippen LogP contribution in [-0.2, 0) is 11.2 Å². The number of rotatable bonds is 3. The Morgan fingerprint density at radius 2 is 1.87 bits per heavy atom. The standard InChI is InChI=1S/C8H6F2N2O3/c9-6-1-4(12(14)15)2-7(10)5(6)3-8(11)13/h1-2H,3H2,(H2,11,13). The third-order valence-corrected chi connectivity index (χ3v) is 1.69. The van der Waals surface area contributed by atoms with Gasteiger partial charge in [-0.2, -0.15) is 0 Å². The summed E-state index contributed by atoms with van der Waals surface area (Å²) in [5.74, 6) is -3.22. The Balaban J connectivity index is 3.21. The lowest BCUT2D eigenvalue weighted by Crippen LogP contribution is -2.16. The normalized spacial score (nSPS) is 10.0. The maximum atomic E-state index is 13.1. The van der Waals surface area contributed by atoms with Gasteiger partial charge in [0.25, 0.3) is 5.69 Å². The Morgan fingerprint density at radius 1 is 1.40 bits per heavy atom. The molecule has 7 heteroatoms. The zero-order valence-corrected chi connectivity index (χ0v) is 7.37. The van der Waals surface area contributed by atoms with Gasteiger partial charge in [0.1, 0.15) is 11.6 Å². The predicted molar refractivity (Wildman–Crippen MR) is 45.9 cm³/mol. The molecule has 0 aliphatic rings. The number of amides is 1. The molecule has 0 aromatic heterocycles. The summed E-state index contributed by atoms with van der Waals surface area (Å²) in [5, 5.41) is 10.2. The Bertz CT molecular complexity index is 411. The van der Waals surface area contributed by atoms with Crippen LogP contribution in [-0.4, -0.2) is 10.8 Å². The number of hydrogen-bond acceptors (Lipinski definition) is 3. The Kier molecular flexibility index (Phi) is 2.93. The van der Waals surface area contributed by atoms with E-state index in [-0.39, 0.29) is 0 Å². The maximum absolute atomic E-state index is 13.1. The molecule has 5 nitrogen and oxygen atoms in total. The van der Waals surface area contributed by atoms with Crippen molar-refractivity contribution in [1.29, 1.82) is 0 Å². The molecule has 0 atom stereocenters. The molecule has 0 saturated heterocycles. The molecule has 2 N–H and O–H groups in total. The number of nitro groups is 1. The molecule has 0 bridgehead atoms. The van der Waals surface area contributed by atoms with Crippen molar-refractivity contribution in [3.63, 3.8) is 0 Å². The van der Waals surface area contributed by atoms with Crippen LogP contribution >= 0.6 is 0 Å². The summed E-state index contributed by atoms with van der Waals surface area (Å²) < 4.78 is 26.2. The number of non-ortho nitro benzene ring substituents is 1. The number of primary amides is 1. The van der Waals surface area contributed by atoms with Crippen LogP contribution in [0.3, 0.4) is 0 Å². The highest BCUT2D eigenvalue weighted by atomic mass is 19.1. The smallest absolute Gasteiger partial charge is 0.275 e. The second kappa shape index (κ2) is 3.99. The molecule has 0 heterocycles. The molecular formula is C8H6F2N2O3. The number of carbonyl (C=O) groups excluding carboxylic acids is 1. The highest BCUT2D eigenvalue weighted by Gasteiger charge is 2.17.